The van der Waals surface area contributed by atoms with Crippen molar-refractivity contribution in [2.24, 2.45) is 0 Å². The van der Waals surface area contributed by atoms with E-state index in [-0.39, 0.29) is 5.82 Å². The van der Waals surface area contributed by atoms with Crippen molar-refractivity contribution < 1.29 is 4.39 Å². The van der Waals surface area contributed by atoms with Crippen LogP contribution in [0.5, 0.6) is 0 Å². The Morgan fingerprint density at radius 3 is 2.12 bits per heavy atom. The minimum atomic E-state index is -0.249. The molecule has 0 aromatic heterocycles. The van der Waals surface area contributed by atoms with Gasteiger partial charge in [-0.05, 0) is 65.4 Å². The molecule has 0 bridgehead atoms. The molecule has 0 radical (unpaired) electrons. The van der Waals surface area contributed by atoms with Crippen molar-refractivity contribution in [2.45, 2.75) is 13.8 Å². The Kier molecular flexibility index (Phi) is 4.05. The van der Waals surface area contributed by atoms with Gasteiger partial charge in [0.15, 0.2) is 0 Å². The lowest BCUT2D eigenvalue weighted by Gasteiger charge is -2.15. The molecule has 0 fully saturated rings. The van der Waals surface area contributed by atoms with Gasteiger partial charge in [0, 0.05) is 5.69 Å². The van der Waals surface area contributed by atoms with Gasteiger partial charge >= 0.3 is 0 Å². The van der Waals surface area contributed by atoms with Crippen LogP contribution in [0.3, 0.4) is 0 Å². The van der Waals surface area contributed by atoms with Crippen LogP contribution in [-0.2, 0) is 0 Å². The van der Waals surface area contributed by atoms with Gasteiger partial charge < -0.3 is 5.73 Å². The summed E-state index contributed by atoms with van der Waals surface area (Å²) in [6.45, 7) is 3.95. The maximum Gasteiger partial charge on any atom is 0.123 e. The van der Waals surface area contributed by atoms with Crippen LogP contribution in [0.4, 0.5) is 10.1 Å². The third-order valence-electron chi connectivity index (χ3n) is 4.39. The summed E-state index contributed by atoms with van der Waals surface area (Å²) in [4.78, 5) is 0. The van der Waals surface area contributed by atoms with Crippen molar-refractivity contribution in [2.75, 3.05) is 5.73 Å². The molecule has 0 atom stereocenters. The summed E-state index contributed by atoms with van der Waals surface area (Å²) in [6, 6.07) is 18.4. The summed E-state index contributed by atoms with van der Waals surface area (Å²) in [5.41, 5.74) is 12.9. The third-order valence-corrected chi connectivity index (χ3v) is 4.39. The monoisotopic (exact) mass is 316 g/mol. The van der Waals surface area contributed by atoms with Crippen molar-refractivity contribution in [1.29, 1.82) is 5.26 Å². The van der Waals surface area contributed by atoms with E-state index >= 15 is 0 Å². The van der Waals surface area contributed by atoms with Gasteiger partial charge in [0.2, 0.25) is 0 Å². The lowest BCUT2D eigenvalue weighted by atomic mass is 9.89. The molecule has 3 rings (SSSR count). The normalized spacial score (nSPS) is 10.4. The largest absolute Gasteiger partial charge is 0.398 e. The Bertz CT molecular complexity index is 951. The van der Waals surface area contributed by atoms with E-state index < -0.39 is 0 Å². The van der Waals surface area contributed by atoms with Crippen LogP contribution in [-0.4, -0.2) is 0 Å². The van der Waals surface area contributed by atoms with E-state index in [0.717, 1.165) is 33.4 Å². The maximum atomic E-state index is 13.2. The second-order valence-electron chi connectivity index (χ2n) is 5.80. The van der Waals surface area contributed by atoms with Crippen molar-refractivity contribution in [3.63, 3.8) is 0 Å². The third kappa shape index (κ3) is 2.63. The number of rotatable bonds is 2. The lowest BCUT2D eigenvalue weighted by molar-refractivity contribution is 0.628. The first-order valence-corrected chi connectivity index (χ1v) is 7.68. The molecular weight excluding hydrogens is 299 g/mol. The summed E-state index contributed by atoms with van der Waals surface area (Å²) in [5.74, 6) is -0.249. The first-order valence-electron chi connectivity index (χ1n) is 7.68. The summed E-state index contributed by atoms with van der Waals surface area (Å²) >= 11 is 0. The molecule has 0 aliphatic heterocycles. The molecule has 24 heavy (non-hydrogen) atoms. The fraction of sp³-hybridized carbons (Fsp3) is 0.0952. The number of hydrogen-bond acceptors (Lipinski definition) is 2. The zero-order valence-corrected chi connectivity index (χ0v) is 13.6. The lowest BCUT2D eigenvalue weighted by Crippen LogP contribution is -1.97. The smallest absolute Gasteiger partial charge is 0.123 e. The Morgan fingerprint density at radius 2 is 1.46 bits per heavy atom. The minimum absolute atomic E-state index is 0.249. The maximum absolute atomic E-state index is 13.2. The number of benzene rings is 3. The molecule has 0 aliphatic carbocycles. The molecule has 2 nitrogen and oxygen atoms in total. The Morgan fingerprint density at radius 1 is 0.833 bits per heavy atom. The zero-order chi connectivity index (χ0) is 17.3. The first-order chi connectivity index (χ1) is 11.5. The van der Waals surface area contributed by atoms with E-state index in [1.54, 1.807) is 18.2 Å². The van der Waals surface area contributed by atoms with Gasteiger partial charge in [-0.15, -0.1) is 0 Å². The highest BCUT2D eigenvalue weighted by Crippen LogP contribution is 2.35. The van der Waals surface area contributed by atoms with Crippen molar-refractivity contribution >= 4 is 5.69 Å². The van der Waals surface area contributed by atoms with Gasteiger partial charge in [-0.25, -0.2) is 4.39 Å². The summed E-state index contributed by atoms with van der Waals surface area (Å²) in [6.07, 6.45) is 0. The van der Waals surface area contributed by atoms with Crippen molar-refractivity contribution in [3.05, 3.63) is 77.1 Å². The number of anilines is 1. The van der Waals surface area contributed by atoms with E-state index in [1.165, 1.54) is 12.1 Å². The topological polar surface area (TPSA) is 49.8 Å². The zero-order valence-electron chi connectivity index (χ0n) is 13.6. The van der Waals surface area contributed by atoms with Crippen LogP contribution in [0.1, 0.15) is 16.7 Å². The molecule has 0 spiro atoms. The number of hydrogen-bond donors (Lipinski definition) is 1. The summed E-state index contributed by atoms with van der Waals surface area (Å²) in [5, 5.41) is 9.33. The molecule has 118 valence electrons. The van der Waals surface area contributed by atoms with E-state index in [0.29, 0.717) is 11.3 Å². The fourth-order valence-corrected chi connectivity index (χ4v) is 3.04. The number of nitriles is 1. The molecule has 0 heterocycles. The fourth-order valence-electron chi connectivity index (χ4n) is 3.04. The average molecular weight is 316 g/mol. The minimum Gasteiger partial charge on any atom is -0.398 e. The van der Waals surface area contributed by atoms with Crippen LogP contribution >= 0.6 is 0 Å². The predicted molar refractivity (Wildman–Crippen MR) is 95.9 cm³/mol. The van der Waals surface area contributed by atoms with Crippen molar-refractivity contribution in [3.8, 4) is 28.3 Å². The predicted octanol–water partition coefficient (Wildman–Crippen LogP) is 5.23. The van der Waals surface area contributed by atoms with Crippen LogP contribution in [0.25, 0.3) is 22.3 Å². The molecular formula is C21H17FN2. The molecule has 2 N–H and O–H groups in total. The first kappa shape index (κ1) is 15.8. The van der Waals surface area contributed by atoms with Gasteiger partial charge in [-0.2, -0.15) is 5.26 Å². The van der Waals surface area contributed by atoms with Crippen LogP contribution in [0.15, 0.2) is 54.6 Å². The quantitative estimate of drug-likeness (QED) is 0.658. The van der Waals surface area contributed by atoms with E-state index in [1.807, 2.05) is 38.1 Å². The molecule has 3 aromatic carbocycles. The van der Waals surface area contributed by atoms with Gasteiger partial charge in [-0.1, -0.05) is 36.4 Å². The second-order valence-corrected chi connectivity index (χ2v) is 5.80. The van der Waals surface area contributed by atoms with Gasteiger partial charge in [0.1, 0.15) is 11.9 Å². The highest BCUT2D eigenvalue weighted by molar-refractivity contribution is 5.82. The van der Waals surface area contributed by atoms with E-state index in [9.17, 15) is 9.65 Å². The number of nitrogens with two attached hydrogens (primary N) is 1. The highest BCUT2D eigenvalue weighted by Gasteiger charge is 2.13. The number of nitrogen functional groups attached to an aromatic ring is 1. The van der Waals surface area contributed by atoms with Crippen LogP contribution in [0.2, 0.25) is 0 Å². The Hall–Kier alpha value is -3.12. The standard InChI is InChI=1S/C21H17FN2/c1-13-17(15-6-8-16(22)9-7-15)4-3-5-18(13)19-10-11-21(24)20(12-23)14(19)2/h3-11H,24H2,1-2H3. The van der Waals surface area contributed by atoms with Gasteiger partial charge in [0.25, 0.3) is 0 Å². The summed E-state index contributed by atoms with van der Waals surface area (Å²) in [7, 11) is 0. The van der Waals surface area contributed by atoms with Crippen LogP contribution < -0.4 is 5.73 Å². The van der Waals surface area contributed by atoms with Crippen molar-refractivity contribution in [1.82, 2.24) is 0 Å². The van der Waals surface area contributed by atoms with Crippen LogP contribution in [0, 0.1) is 31.0 Å². The molecule has 3 heteroatoms. The highest BCUT2D eigenvalue weighted by atomic mass is 19.1. The molecule has 0 unspecified atom stereocenters. The molecule has 0 aliphatic rings. The Balaban J connectivity index is 2.20. The molecule has 3 aromatic rings. The van der Waals surface area contributed by atoms with E-state index in [2.05, 4.69) is 6.07 Å². The number of nitrogens with zero attached hydrogens (tertiary/aromatic N) is 1. The molecule has 0 amide bonds. The second kappa shape index (κ2) is 6.17. The van der Waals surface area contributed by atoms with Gasteiger partial charge in [-0.3, -0.25) is 0 Å². The Labute approximate surface area is 141 Å². The average Bonchev–Trinajstić information content (AvgIpc) is 2.57. The molecule has 0 saturated heterocycles. The van der Waals surface area contributed by atoms with E-state index in [4.69, 9.17) is 5.73 Å². The van der Waals surface area contributed by atoms with Gasteiger partial charge in [0.05, 0.1) is 5.56 Å². The molecule has 0 saturated carbocycles. The number of halogens is 1. The SMILES string of the molecule is Cc1c(-c2ccc(F)cc2)cccc1-c1ccc(N)c(C#N)c1C. The summed E-state index contributed by atoms with van der Waals surface area (Å²) < 4.78 is 13.2.